The minimum absolute atomic E-state index is 0.00437. The molecule has 6 N–H and O–H groups in total. The molecular weight excluding hydrogens is 1540 g/mol. The summed E-state index contributed by atoms with van der Waals surface area (Å²) in [6.07, 6.45) is 12.5. The van der Waals surface area contributed by atoms with E-state index in [4.69, 9.17) is 51.1 Å². The molecule has 0 aliphatic carbocycles. The van der Waals surface area contributed by atoms with Gasteiger partial charge in [-0.25, -0.2) is 60.1 Å². The van der Waals surface area contributed by atoms with E-state index in [1.807, 2.05) is 149 Å². The van der Waals surface area contributed by atoms with E-state index >= 15 is 0 Å². The number of rotatable bonds is 24. The van der Waals surface area contributed by atoms with Crippen LogP contribution in [-0.4, -0.2) is 200 Å². The molecule has 2 aliphatic heterocycles. The van der Waals surface area contributed by atoms with E-state index in [0.717, 1.165) is 120 Å². The highest BCUT2D eigenvalue weighted by Crippen LogP contribution is 2.36. The Morgan fingerprint density at radius 3 is 1.21 bits per heavy atom. The van der Waals surface area contributed by atoms with Gasteiger partial charge in [0.2, 0.25) is 30.1 Å². The predicted molar refractivity (Wildman–Crippen MR) is 444 cm³/mol. The summed E-state index contributed by atoms with van der Waals surface area (Å²) in [7, 11) is -4.89. The molecule has 12 aromatic rings. The third-order valence-corrected chi connectivity index (χ3v) is 23.5. The molecule has 26 nitrogen and oxygen atoms in total. The highest BCUT2D eigenvalue weighted by Gasteiger charge is 2.22. The summed E-state index contributed by atoms with van der Waals surface area (Å²) in [4.78, 5) is 47.5. The first-order chi connectivity index (χ1) is 52.7. The SMILES string of the molecule is Cc1ccc(Nc2ncnc3ccc(-c4cnc(Cl)c(NS(=O)(=O)CCN5CCOCC5)c4)cc23)cc1Cl.Cc1ccc(Nc2ncnc3ccc(-c4cncc(NS(=O)(=O)CCN(C)C)c4)cc23)cc1Cl.Cc1ccc(Nc2ncnc3ccc(-c4cncc(NS(=O)(=O)CCN5CCN(C)CC5)c4)cc23)cc1Cl. The molecule has 6 aromatic heterocycles. The molecule has 110 heavy (non-hydrogen) atoms. The van der Waals surface area contributed by atoms with Gasteiger partial charge in [-0.3, -0.25) is 33.9 Å². The second kappa shape index (κ2) is 36.0. The van der Waals surface area contributed by atoms with E-state index in [2.05, 4.69) is 96.7 Å². The van der Waals surface area contributed by atoms with Gasteiger partial charge >= 0.3 is 0 Å². The van der Waals surface area contributed by atoms with Crippen molar-refractivity contribution in [2.75, 3.05) is 141 Å². The Bertz CT molecular complexity index is 5670. The molecule has 2 saturated heterocycles. The quantitative estimate of drug-likeness (QED) is 0.0306. The smallest absolute Gasteiger partial charge is 0.234 e. The lowest BCUT2D eigenvalue weighted by molar-refractivity contribution is 0.0408. The standard InChI is InChI=1S/C27H30ClN7O2S.C26H26Cl2N6O3S.C24H25ClN6O2S/c1-19-3-5-22(15-25(19)28)32-27-24-14-20(4-6-26(24)30-18-31-27)21-13-23(17-29-16-21)33-38(36,37)12-11-35-9-7-34(2)8-10-35;1-17-2-4-20(14-22(17)27)32-26-21-12-18(3-5-23(21)30-16-31-26)19-13-24(25(28)29-15-19)33-38(35,36)11-8-34-6-9-37-10-7-34;1-16-4-6-19(12-22(16)25)29-24-21-11-17(5-7-23(21)27-15-28-24)18-10-20(14-26-13-18)30-34(32,33)9-8-31(2)3/h3-6,13-18,33H,7-12H2,1-2H3,(H,30,31,32);2-5,12-16,33H,6-11H2,1H3,(H,30,31,32);4-7,10-15,30H,8-9H2,1-3H3,(H,27,28,29). The molecule has 0 atom stereocenters. The number of nitrogens with zero attached hydrogens (tertiary/aromatic N) is 13. The van der Waals surface area contributed by atoms with Crippen LogP contribution >= 0.6 is 46.4 Å². The van der Waals surface area contributed by atoms with Crippen LogP contribution in [0, 0.1) is 20.8 Å². The number of sulfonamides is 3. The fraction of sp³-hybridized carbons (Fsp3) is 0.260. The summed E-state index contributed by atoms with van der Waals surface area (Å²) in [5.41, 5.74) is 13.5. The van der Waals surface area contributed by atoms with E-state index in [1.54, 1.807) is 36.8 Å². The summed E-state index contributed by atoms with van der Waals surface area (Å²) < 4.78 is 89.1. The summed E-state index contributed by atoms with van der Waals surface area (Å²) >= 11 is 25.1. The van der Waals surface area contributed by atoms with E-state index in [1.165, 1.54) is 31.4 Å². The van der Waals surface area contributed by atoms with Gasteiger partial charge in [0, 0.05) is 142 Å². The molecule has 0 spiro atoms. The summed E-state index contributed by atoms with van der Waals surface area (Å²) in [5, 5.41) is 14.4. The number of nitrogens with one attached hydrogen (secondary N) is 6. The van der Waals surface area contributed by atoms with Crippen LogP contribution in [0.25, 0.3) is 66.1 Å². The average molecular weight is 1620 g/mol. The minimum atomic E-state index is -3.64. The van der Waals surface area contributed by atoms with Gasteiger partial charge in [0.1, 0.15) is 36.4 Å². The summed E-state index contributed by atoms with van der Waals surface area (Å²) in [6, 6.07) is 39.7. The number of fused-ring (bicyclic) bond motifs is 3. The number of aromatic nitrogens is 9. The van der Waals surface area contributed by atoms with E-state index in [-0.39, 0.29) is 28.1 Å². The van der Waals surface area contributed by atoms with Crippen LogP contribution in [0.2, 0.25) is 20.2 Å². The van der Waals surface area contributed by atoms with Crippen LogP contribution < -0.4 is 30.1 Å². The van der Waals surface area contributed by atoms with Crippen LogP contribution in [0.3, 0.4) is 0 Å². The Balaban J connectivity index is 0.000000154. The van der Waals surface area contributed by atoms with Gasteiger partial charge in [-0.05, 0) is 166 Å². The van der Waals surface area contributed by atoms with Crippen LogP contribution in [0.5, 0.6) is 0 Å². The van der Waals surface area contributed by atoms with Crippen molar-refractivity contribution in [1.29, 1.82) is 0 Å². The number of piperazine rings is 1. The Morgan fingerprint density at radius 1 is 0.409 bits per heavy atom. The van der Waals surface area contributed by atoms with Gasteiger partial charge < -0.3 is 30.5 Å². The molecule has 0 radical (unpaired) electrons. The number of morpholine rings is 1. The van der Waals surface area contributed by atoms with Gasteiger partial charge in [0.15, 0.2) is 5.15 Å². The molecular formula is C77H81Cl4N19O7S3. The number of hydrogen-bond acceptors (Lipinski definition) is 23. The van der Waals surface area contributed by atoms with Crippen LogP contribution in [0.1, 0.15) is 16.7 Å². The monoisotopic (exact) mass is 1620 g/mol. The molecule has 2 fully saturated rings. The number of pyridine rings is 3. The molecule has 572 valence electrons. The Morgan fingerprint density at radius 2 is 0.800 bits per heavy atom. The zero-order valence-corrected chi connectivity index (χ0v) is 66.5. The Labute approximate surface area is 659 Å². The number of aryl methyl sites for hydroxylation is 3. The van der Waals surface area contributed by atoms with Crippen molar-refractivity contribution in [3.63, 3.8) is 0 Å². The van der Waals surface area contributed by atoms with Gasteiger partial charge in [0.05, 0.1) is 76.5 Å². The maximum Gasteiger partial charge on any atom is 0.234 e. The number of ether oxygens (including phenoxy) is 1. The molecule has 2 aliphatic rings. The van der Waals surface area contributed by atoms with E-state index in [0.29, 0.717) is 95.4 Å². The first kappa shape index (κ1) is 79.9. The van der Waals surface area contributed by atoms with Crippen LogP contribution in [0.15, 0.2) is 177 Å². The Hall–Kier alpha value is -9.60. The molecule has 8 heterocycles. The second-order valence-electron chi connectivity index (χ2n) is 26.8. The van der Waals surface area contributed by atoms with Crippen molar-refractivity contribution in [3.05, 3.63) is 214 Å². The second-order valence-corrected chi connectivity index (χ2v) is 33.9. The Kier molecular flexibility index (Phi) is 26.2. The average Bonchev–Trinajstić information content (AvgIpc) is 0.800. The van der Waals surface area contributed by atoms with Gasteiger partial charge in [-0.1, -0.05) is 82.8 Å². The van der Waals surface area contributed by atoms with Crippen molar-refractivity contribution >= 4 is 161 Å². The molecule has 0 unspecified atom stereocenters. The number of anilines is 9. The first-order valence-electron chi connectivity index (χ1n) is 35.0. The van der Waals surface area contributed by atoms with E-state index in [9.17, 15) is 25.3 Å². The maximum atomic E-state index is 12.8. The van der Waals surface area contributed by atoms with Crippen molar-refractivity contribution in [2.45, 2.75) is 20.8 Å². The molecule has 14 rings (SSSR count). The third-order valence-electron chi connectivity index (χ3n) is 18.2. The molecule has 0 bridgehead atoms. The van der Waals surface area contributed by atoms with Crippen molar-refractivity contribution < 1.29 is 30.0 Å². The van der Waals surface area contributed by atoms with Crippen molar-refractivity contribution in [3.8, 4) is 33.4 Å². The fourth-order valence-electron chi connectivity index (χ4n) is 11.8. The zero-order chi connectivity index (χ0) is 77.7. The number of halogens is 4. The minimum Gasteiger partial charge on any atom is -0.379 e. The zero-order valence-electron chi connectivity index (χ0n) is 61.1. The topological polar surface area (TPSA) is 313 Å². The molecule has 0 saturated carbocycles. The van der Waals surface area contributed by atoms with Gasteiger partial charge in [-0.2, -0.15) is 0 Å². The summed E-state index contributed by atoms with van der Waals surface area (Å²) in [6.45, 7) is 13.5. The number of likely N-dealkylation sites (N-methyl/N-ethyl adjacent to an activating group) is 1. The van der Waals surface area contributed by atoms with Gasteiger partial charge in [0.25, 0.3) is 0 Å². The lowest BCUT2D eigenvalue weighted by Crippen LogP contribution is -2.46. The number of benzene rings is 6. The highest BCUT2D eigenvalue weighted by atomic mass is 35.5. The molecule has 6 aromatic carbocycles. The first-order valence-corrected chi connectivity index (χ1v) is 41.5. The van der Waals surface area contributed by atoms with Crippen molar-refractivity contribution in [1.82, 2.24) is 64.5 Å². The molecule has 0 amide bonds. The fourth-order valence-corrected chi connectivity index (χ4v) is 15.9. The highest BCUT2D eigenvalue weighted by molar-refractivity contribution is 7.93. The lowest BCUT2D eigenvalue weighted by atomic mass is 10.0. The van der Waals surface area contributed by atoms with Crippen LogP contribution in [-0.2, 0) is 34.8 Å². The normalized spacial score (nSPS) is 13.8. The largest absolute Gasteiger partial charge is 0.379 e. The predicted octanol–water partition coefficient (Wildman–Crippen LogP) is 14.2. The molecule has 33 heteroatoms. The van der Waals surface area contributed by atoms with Gasteiger partial charge in [-0.15, -0.1) is 0 Å². The van der Waals surface area contributed by atoms with Crippen molar-refractivity contribution in [2.24, 2.45) is 0 Å². The van der Waals surface area contributed by atoms with E-state index < -0.39 is 30.1 Å². The third kappa shape index (κ3) is 21.9. The number of hydrogen-bond donors (Lipinski definition) is 6. The van der Waals surface area contributed by atoms with Crippen LogP contribution in [0.4, 0.5) is 51.6 Å². The maximum absolute atomic E-state index is 12.8. The lowest BCUT2D eigenvalue weighted by Gasteiger charge is -2.32. The summed E-state index contributed by atoms with van der Waals surface area (Å²) in [5.74, 6) is 1.87.